The maximum atomic E-state index is 12.7. The molecule has 0 aromatic heterocycles. The Bertz CT molecular complexity index is 886. The Balaban J connectivity index is 1.47. The van der Waals surface area contributed by atoms with Crippen LogP contribution in [0.5, 0.6) is 0 Å². The van der Waals surface area contributed by atoms with E-state index in [4.69, 9.17) is 0 Å². The van der Waals surface area contributed by atoms with Crippen molar-refractivity contribution in [3.8, 4) is 0 Å². The summed E-state index contributed by atoms with van der Waals surface area (Å²) in [5.41, 5.74) is -0.151. The van der Waals surface area contributed by atoms with Gasteiger partial charge in [-0.25, -0.2) is 0 Å². The van der Waals surface area contributed by atoms with Gasteiger partial charge in [-0.15, -0.1) is 0 Å². The van der Waals surface area contributed by atoms with E-state index in [-0.39, 0.29) is 34.3 Å². The molecule has 0 radical (unpaired) electrons. The van der Waals surface area contributed by atoms with E-state index in [0.717, 1.165) is 25.7 Å². The largest absolute Gasteiger partial charge is 0.352 e. The van der Waals surface area contributed by atoms with E-state index in [0.29, 0.717) is 0 Å². The number of ketones is 4. The Labute approximate surface area is 159 Å². The van der Waals surface area contributed by atoms with Crippen LogP contribution in [0.4, 0.5) is 0 Å². The van der Waals surface area contributed by atoms with Gasteiger partial charge in [0.25, 0.3) is 0 Å². The van der Waals surface area contributed by atoms with Crippen molar-refractivity contribution in [3.63, 3.8) is 0 Å². The summed E-state index contributed by atoms with van der Waals surface area (Å²) in [5.74, 6) is -6.94. The van der Waals surface area contributed by atoms with Gasteiger partial charge in [0.15, 0.2) is 35.0 Å². The molecule has 1 aromatic carbocycles. The van der Waals surface area contributed by atoms with Crippen molar-refractivity contribution >= 4 is 34.9 Å². The number of fused-ring (bicyclic) bond motifs is 2. The average molecular weight is 380 g/mol. The number of benzene rings is 1. The molecule has 0 unspecified atom stereocenters. The number of carbonyl (C=O) groups excluding carboxylic acids is 6. The third-order valence-electron chi connectivity index (χ3n) is 5.64. The van der Waals surface area contributed by atoms with Crippen LogP contribution in [0.3, 0.4) is 0 Å². The molecule has 5 rings (SSSR count). The molecule has 0 bridgehead atoms. The van der Waals surface area contributed by atoms with Crippen molar-refractivity contribution < 1.29 is 28.8 Å². The van der Waals surface area contributed by atoms with Crippen LogP contribution >= 0.6 is 0 Å². The van der Waals surface area contributed by atoms with Crippen molar-refractivity contribution in [2.75, 3.05) is 0 Å². The Morgan fingerprint density at radius 2 is 0.893 bits per heavy atom. The van der Waals surface area contributed by atoms with E-state index >= 15 is 0 Å². The maximum Gasteiger partial charge on any atom is 0.239 e. The summed E-state index contributed by atoms with van der Waals surface area (Å²) in [4.78, 5) is 75.2. The maximum absolute atomic E-state index is 12.7. The molecule has 8 nitrogen and oxygen atoms in total. The van der Waals surface area contributed by atoms with Gasteiger partial charge < -0.3 is 10.6 Å². The topological polar surface area (TPSA) is 126 Å². The molecule has 4 aliphatic rings. The highest BCUT2D eigenvalue weighted by molar-refractivity contribution is 6.39. The van der Waals surface area contributed by atoms with E-state index in [2.05, 4.69) is 10.6 Å². The molecule has 142 valence electrons. The molecule has 0 aliphatic heterocycles. The van der Waals surface area contributed by atoms with Crippen LogP contribution in [0.1, 0.15) is 67.1 Å². The van der Waals surface area contributed by atoms with Gasteiger partial charge >= 0.3 is 0 Å². The van der Waals surface area contributed by atoms with Gasteiger partial charge in [0.2, 0.25) is 11.8 Å². The third-order valence-corrected chi connectivity index (χ3v) is 5.64. The Hall–Kier alpha value is -3.16. The van der Waals surface area contributed by atoms with Crippen molar-refractivity contribution in [1.82, 2.24) is 10.6 Å². The lowest BCUT2D eigenvalue weighted by atomic mass is 10.0. The van der Waals surface area contributed by atoms with Gasteiger partial charge in [0, 0.05) is 34.3 Å². The fraction of sp³-hybridized carbons (Fsp3) is 0.400. The smallest absolute Gasteiger partial charge is 0.239 e. The lowest BCUT2D eigenvalue weighted by Crippen LogP contribution is -2.38. The average Bonchev–Trinajstić information content (AvgIpc) is 3.57. The molecule has 2 saturated carbocycles. The quantitative estimate of drug-likeness (QED) is 0.720. The zero-order valence-corrected chi connectivity index (χ0v) is 14.7. The molecule has 0 saturated heterocycles. The number of carbonyl (C=O) groups is 6. The van der Waals surface area contributed by atoms with Crippen molar-refractivity contribution in [2.45, 2.75) is 37.8 Å². The highest BCUT2D eigenvalue weighted by Gasteiger charge is 2.49. The summed E-state index contributed by atoms with van der Waals surface area (Å²) in [6.07, 6.45) is 3.26. The SMILES string of the molecule is O=C(NC1CC1)C1C(=O)c2cc3c(cc2C1=O)C(=O)C(C(=O)NC1CC1)C3=O. The molecule has 28 heavy (non-hydrogen) atoms. The van der Waals surface area contributed by atoms with E-state index in [1.807, 2.05) is 0 Å². The van der Waals surface area contributed by atoms with Crippen LogP contribution in [-0.4, -0.2) is 47.0 Å². The number of rotatable bonds is 4. The highest BCUT2D eigenvalue weighted by Crippen LogP contribution is 2.36. The van der Waals surface area contributed by atoms with Crippen molar-refractivity contribution in [2.24, 2.45) is 11.8 Å². The van der Waals surface area contributed by atoms with E-state index in [9.17, 15) is 28.8 Å². The van der Waals surface area contributed by atoms with Crippen LogP contribution in [0, 0.1) is 11.8 Å². The fourth-order valence-electron chi connectivity index (χ4n) is 3.78. The molecule has 0 heterocycles. The first-order valence-corrected chi connectivity index (χ1v) is 9.32. The second-order valence-corrected chi connectivity index (χ2v) is 7.83. The predicted molar refractivity (Wildman–Crippen MR) is 93.1 cm³/mol. The molecule has 0 spiro atoms. The minimum absolute atomic E-state index is 0.00397. The Morgan fingerprint density at radius 1 is 0.607 bits per heavy atom. The number of nitrogens with one attached hydrogen (secondary N) is 2. The second-order valence-electron chi connectivity index (χ2n) is 7.83. The van der Waals surface area contributed by atoms with Crippen LogP contribution in [0.15, 0.2) is 12.1 Å². The summed E-state index contributed by atoms with van der Waals surface area (Å²) in [6, 6.07) is 2.38. The molecule has 8 heteroatoms. The molecule has 4 aliphatic carbocycles. The minimum atomic E-state index is -1.47. The third kappa shape index (κ3) is 2.44. The monoisotopic (exact) mass is 380 g/mol. The molecular weight excluding hydrogens is 364 g/mol. The first-order chi connectivity index (χ1) is 13.4. The Kier molecular flexibility index (Phi) is 3.44. The zero-order chi connectivity index (χ0) is 19.7. The van der Waals surface area contributed by atoms with Gasteiger partial charge in [-0.2, -0.15) is 0 Å². The van der Waals surface area contributed by atoms with E-state index in [1.165, 1.54) is 12.1 Å². The first-order valence-electron chi connectivity index (χ1n) is 9.32. The molecule has 2 amide bonds. The van der Waals surface area contributed by atoms with Crippen LogP contribution in [-0.2, 0) is 9.59 Å². The summed E-state index contributed by atoms with van der Waals surface area (Å²) in [5, 5.41) is 5.29. The second kappa shape index (κ2) is 5.67. The molecule has 2 N–H and O–H groups in total. The van der Waals surface area contributed by atoms with Gasteiger partial charge in [0.1, 0.15) is 0 Å². The van der Waals surface area contributed by atoms with Gasteiger partial charge in [-0.1, -0.05) is 0 Å². The normalized spacial score (nSPS) is 21.7. The van der Waals surface area contributed by atoms with Crippen LogP contribution in [0.25, 0.3) is 0 Å². The lowest BCUT2D eigenvalue weighted by molar-refractivity contribution is -0.123. The molecule has 2 fully saturated rings. The van der Waals surface area contributed by atoms with Crippen LogP contribution in [0.2, 0.25) is 0 Å². The van der Waals surface area contributed by atoms with E-state index < -0.39 is 46.8 Å². The summed E-state index contributed by atoms with van der Waals surface area (Å²) in [6.45, 7) is 0. The van der Waals surface area contributed by atoms with Crippen molar-refractivity contribution in [3.05, 3.63) is 34.4 Å². The van der Waals surface area contributed by atoms with Gasteiger partial charge in [-0.05, 0) is 37.8 Å². The van der Waals surface area contributed by atoms with E-state index in [1.54, 1.807) is 0 Å². The highest BCUT2D eigenvalue weighted by atomic mass is 16.2. The molecular formula is C20H16N2O6. The summed E-state index contributed by atoms with van der Waals surface area (Å²) < 4.78 is 0. The fourth-order valence-corrected chi connectivity index (χ4v) is 3.78. The van der Waals surface area contributed by atoms with Gasteiger partial charge in [0.05, 0.1) is 0 Å². The zero-order valence-electron chi connectivity index (χ0n) is 14.7. The molecule has 1 aromatic rings. The minimum Gasteiger partial charge on any atom is -0.352 e. The summed E-state index contributed by atoms with van der Waals surface area (Å²) >= 11 is 0. The Morgan fingerprint density at radius 3 is 1.14 bits per heavy atom. The van der Waals surface area contributed by atoms with Crippen LogP contribution < -0.4 is 10.6 Å². The first kappa shape index (κ1) is 17.0. The van der Waals surface area contributed by atoms with Gasteiger partial charge in [-0.3, -0.25) is 28.8 Å². The number of amides is 2. The lowest BCUT2D eigenvalue weighted by Gasteiger charge is -2.07. The standard InChI is InChI=1S/C20H16N2O6/c23-15-9-5-11-12(18(26)14(17(11)25)20(28)22-8-3-4-8)6-10(9)16(24)13(15)19(27)21-7-1-2-7/h5-8,13-14H,1-4H2,(H,21,27)(H,22,28). The number of hydrogen-bond donors (Lipinski definition) is 2. The molecule has 0 atom stereocenters. The number of Topliss-reactive ketones (excluding diaryl/α,β-unsaturated/α-hetero) is 4. The van der Waals surface area contributed by atoms with Crippen molar-refractivity contribution in [1.29, 1.82) is 0 Å². The number of hydrogen-bond acceptors (Lipinski definition) is 6. The predicted octanol–water partition coefficient (Wildman–Crippen LogP) is 0.234. The summed E-state index contributed by atoms with van der Waals surface area (Å²) in [7, 11) is 0.